The van der Waals surface area contributed by atoms with Gasteiger partial charge in [0.15, 0.2) is 6.61 Å². The third kappa shape index (κ3) is 5.61. The van der Waals surface area contributed by atoms with Gasteiger partial charge >= 0.3 is 0 Å². The van der Waals surface area contributed by atoms with Crippen LogP contribution in [0.1, 0.15) is 13.3 Å². The van der Waals surface area contributed by atoms with Gasteiger partial charge in [-0.2, -0.15) is 0 Å². The Morgan fingerprint density at radius 3 is 2.83 bits per heavy atom. The third-order valence-electron chi connectivity index (χ3n) is 2.45. The van der Waals surface area contributed by atoms with Crippen LogP contribution >= 0.6 is 23.2 Å². The summed E-state index contributed by atoms with van der Waals surface area (Å²) in [6, 6.07) is 6.97. The van der Waals surface area contributed by atoms with Gasteiger partial charge in [-0.1, -0.05) is 17.7 Å². The van der Waals surface area contributed by atoms with E-state index in [1.165, 1.54) is 0 Å². The number of amides is 1. The Morgan fingerprint density at radius 1 is 1.50 bits per heavy atom. The highest BCUT2D eigenvalue weighted by atomic mass is 35.5. The highest BCUT2D eigenvalue weighted by Gasteiger charge is 2.10. The van der Waals surface area contributed by atoms with Gasteiger partial charge in [-0.3, -0.25) is 4.79 Å². The number of hydrogen-bond acceptors (Lipinski definition) is 2. The maximum absolute atomic E-state index is 11.7. The van der Waals surface area contributed by atoms with E-state index in [4.69, 9.17) is 27.9 Å². The molecule has 1 aromatic carbocycles. The van der Waals surface area contributed by atoms with E-state index in [1.54, 1.807) is 36.2 Å². The largest absolute Gasteiger partial charge is 0.484 e. The molecule has 0 radical (unpaired) electrons. The summed E-state index contributed by atoms with van der Waals surface area (Å²) in [4.78, 5) is 13.4. The SMILES string of the molecule is CC(Cl)CCN(C)C(=O)COc1cccc(Cl)c1. The lowest BCUT2D eigenvalue weighted by molar-refractivity contribution is -0.132. The molecular formula is C13H17Cl2NO2. The van der Waals surface area contributed by atoms with E-state index in [0.29, 0.717) is 17.3 Å². The van der Waals surface area contributed by atoms with Crippen molar-refractivity contribution in [3.8, 4) is 5.75 Å². The van der Waals surface area contributed by atoms with E-state index in [2.05, 4.69) is 0 Å². The predicted octanol–water partition coefficient (Wildman–Crippen LogP) is 3.19. The minimum absolute atomic E-state index is 0.00745. The Labute approximate surface area is 118 Å². The van der Waals surface area contributed by atoms with Gasteiger partial charge < -0.3 is 9.64 Å². The molecule has 0 aliphatic heterocycles. The lowest BCUT2D eigenvalue weighted by atomic mass is 10.3. The molecule has 100 valence electrons. The van der Waals surface area contributed by atoms with E-state index in [9.17, 15) is 4.79 Å². The Balaban J connectivity index is 2.36. The maximum atomic E-state index is 11.7. The fourth-order valence-corrected chi connectivity index (χ4v) is 1.59. The molecule has 0 N–H and O–H groups in total. The normalized spacial score (nSPS) is 12.0. The zero-order valence-corrected chi connectivity index (χ0v) is 12.0. The summed E-state index contributed by atoms with van der Waals surface area (Å²) in [7, 11) is 1.74. The predicted molar refractivity (Wildman–Crippen MR) is 74.5 cm³/mol. The van der Waals surface area contributed by atoms with Crippen molar-refractivity contribution in [2.45, 2.75) is 18.7 Å². The third-order valence-corrected chi connectivity index (χ3v) is 2.90. The zero-order chi connectivity index (χ0) is 13.5. The molecule has 0 aromatic heterocycles. The minimum atomic E-state index is -0.0766. The monoisotopic (exact) mass is 289 g/mol. The molecule has 0 fully saturated rings. The van der Waals surface area contributed by atoms with Crippen LogP contribution in [0.25, 0.3) is 0 Å². The fourth-order valence-electron chi connectivity index (χ4n) is 1.31. The molecule has 0 bridgehead atoms. The van der Waals surface area contributed by atoms with Gasteiger partial charge in [0.05, 0.1) is 0 Å². The molecule has 0 spiro atoms. The van der Waals surface area contributed by atoms with E-state index in [-0.39, 0.29) is 17.9 Å². The molecule has 1 rings (SSSR count). The van der Waals surface area contributed by atoms with E-state index in [0.717, 1.165) is 6.42 Å². The minimum Gasteiger partial charge on any atom is -0.484 e. The van der Waals surface area contributed by atoms with Crippen molar-refractivity contribution in [2.75, 3.05) is 20.2 Å². The second kappa shape index (κ2) is 7.49. The molecule has 1 amide bonds. The number of ether oxygens (including phenoxy) is 1. The standard InChI is InChI=1S/C13H17Cl2NO2/c1-10(14)6-7-16(2)13(17)9-18-12-5-3-4-11(15)8-12/h3-5,8,10H,6-7,9H2,1-2H3. The summed E-state index contributed by atoms with van der Waals surface area (Å²) in [5, 5.41) is 0.651. The van der Waals surface area contributed by atoms with E-state index >= 15 is 0 Å². The smallest absolute Gasteiger partial charge is 0.260 e. The molecule has 3 nitrogen and oxygen atoms in total. The first-order chi connectivity index (χ1) is 8.49. The van der Waals surface area contributed by atoms with Crippen LogP contribution in [0.4, 0.5) is 0 Å². The van der Waals surface area contributed by atoms with E-state index in [1.807, 2.05) is 6.92 Å². The lowest BCUT2D eigenvalue weighted by Crippen LogP contribution is -2.32. The van der Waals surface area contributed by atoms with Crippen molar-refractivity contribution in [2.24, 2.45) is 0 Å². The molecule has 0 aliphatic rings. The topological polar surface area (TPSA) is 29.5 Å². The number of carbonyl (C=O) groups excluding carboxylic acids is 1. The molecule has 18 heavy (non-hydrogen) atoms. The molecule has 0 heterocycles. The van der Waals surface area contributed by atoms with Crippen LogP contribution in [0, 0.1) is 0 Å². The van der Waals surface area contributed by atoms with Gasteiger partial charge in [0.2, 0.25) is 0 Å². The van der Waals surface area contributed by atoms with Crippen LogP contribution in [0.3, 0.4) is 0 Å². The second-order valence-electron chi connectivity index (χ2n) is 4.13. The lowest BCUT2D eigenvalue weighted by Gasteiger charge is -2.18. The van der Waals surface area contributed by atoms with Crippen LogP contribution in [0.2, 0.25) is 5.02 Å². The summed E-state index contributed by atoms with van der Waals surface area (Å²) >= 11 is 11.7. The summed E-state index contributed by atoms with van der Waals surface area (Å²) in [6.45, 7) is 2.54. The van der Waals surface area contributed by atoms with Gasteiger partial charge in [-0.15, -0.1) is 11.6 Å². The molecule has 0 aliphatic carbocycles. The molecule has 5 heteroatoms. The Bertz CT molecular complexity index is 396. The van der Waals surface area contributed by atoms with E-state index < -0.39 is 0 Å². The van der Waals surface area contributed by atoms with Crippen molar-refractivity contribution in [1.29, 1.82) is 0 Å². The van der Waals surface area contributed by atoms with Crippen LogP contribution < -0.4 is 4.74 Å². The van der Waals surface area contributed by atoms with Crippen LogP contribution in [0.5, 0.6) is 5.75 Å². The van der Waals surface area contributed by atoms with Gasteiger partial charge in [-0.05, 0) is 31.5 Å². The highest BCUT2D eigenvalue weighted by molar-refractivity contribution is 6.30. The molecular weight excluding hydrogens is 273 g/mol. The van der Waals surface area contributed by atoms with Gasteiger partial charge in [0.1, 0.15) is 5.75 Å². The van der Waals surface area contributed by atoms with Gasteiger partial charge in [0, 0.05) is 24.0 Å². The quantitative estimate of drug-likeness (QED) is 0.753. The van der Waals surface area contributed by atoms with Crippen molar-refractivity contribution in [3.63, 3.8) is 0 Å². The first kappa shape index (κ1) is 15.1. The summed E-state index contributed by atoms with van der Waals surface area (Å²) < 4.78 is 5.37. The summed E-state index contributed by atoms with van der Waals surface area (Å²) in [6.07, 6.45) is 0.765. The number of alkyl halides is 1. The van der Waals surface area contributed by atoms with Crippen molar-refractivity contribution >= 4 is 29.1 Å². The van der Waals surface area contributed by atoms with Crippen molar-refractivity contribution in [1.82, 2.24) is 4.90 Å². The molecule has 0 saturated heterocycles. The average molecular weight is 290 g/mol. The number of halogens is 2. The number of nitrogens with zero attached hydrogens (tertiary/aromatic N) is 1. The summed E-state index contributed by atoms with van der Waals surface area (Å²) in [5.41, 5.74) is 0. The van der Waals surface area contributed by atoms with Crippen molar-refractivity contribution < 1.29 is 9.53 Å². The van der Waals surface area contributed by atoms with Crippen LogP contribution in [0.15, 0.2) is 24.3 Å². The molecule has 0 saturated carbocycles. The van der Waals surface area contributed by atoms with Gasteiger partial charge in [0.25, 0.3) is 5.91 Å². The maximum Gasteiger partial charge on any atom is 0.260 e. The molecule has 1 unspecified atom stereocenters. The zero-order valence-electron chi connectivity index (χ0n) is 10.5. The number of likely N-dealkylation sites (N-methyl/N-ethyl adjacent to an activating group) is 1. The van der Waals surface area contributed by atoms with Crippen LogP contribution in [-0.4, -0.2) is 36.4 Å². The fraction of sp³-hybridized carbons (Fsp3) is 0.462. The number of rotatable bonds is 6. The first-order valence-corrected chi connectivity index (χ1v) is 6.57. The average Bonchev–Trinajstić information content (AvgIpc) is 2.33. The van der Waals surface area contributed by atoms with Gasteiger partial charge in [-0.25, -0.2) is 0 Å². The number of hydrogen-bond donors (Lipinski definition) is 0. The first-order valence-electron chi connectivity index (χ1n) is 5.75. The number of carbonyl (C=O) groups is 1. The Kier molecular flexibility index (Phi) is 6.30. The Morgan fingerprint density at radius 2 is 2.22 bits per heavy atom. The van der Waals surface area contributed by atoms with Crippen molar-refractivity contribution in [3.05, 3.63) is 29.3 Å². The highest BCUT2D eigenvalue weighted by Crippen LogP contribution is 2.17. The summed E-state index contributed by atoms with van der Waals surface area (Å²) in [5.74, 6) is 0.516. The molecule has 1 atom stereocenters. The number of benzene rings is 1. The Hall–Kier alpha value is -0.930. The van der Waals surface area contributed by atoms with Crippen LogP contribution in [-0.2, 0) is 4.79 Å². The molecule has 1 aromatic rings. The second-order valence-corrected chi connectivity index (χ2v) is 5.31.